The van der Waals surface area contributed by atoms with Gasteiger partial charge in [0, 0.05) is 0 Å². The molecule has 4 heteroatoms. The van der Waals surface area contributed by atoms with Crippen LogP contribution in [0.5, 0.6) is 0 Å². The van der Waals surface area contributed by atoms with Gasteiger partial charge in [-0.3, -0.25) is 0 Å². The van der Waals surface area contributed by atoms with Crippen molar-refractivity contribution in [3.63, 3.8) is 0 Å². The van der Waals surface area contributed by atoms with Crippen LogP contribution < -0.4 is 10.8 Å². The van der Waals surface area contributed by atoms with Gasteiger partial charge in [-0.05, 0) is 57.1 Å². The fraction of sp³-hybridized carbons (Fsp3) is 0.826. The van der Waals surface area contributed by atoms with Gasteiger partial charge in [0.15, 0.2) is 0 Å². The van der Waals surface area contributed by atoms with Gasteiger partial charge >= 0.3 is 0 Å². The fourth-order valence-corrected chi connectivity index (χ4v) is 9.85. The van der Waals surface area contributed by atoms with Gasteiger partial charge in [-0.1, -0.05) is 78.7 Å². The molecule has 27 heavy (non-hydrogen) atoms. The molecule has 0 spiro atoms. The molecule has 1 rings (SSSR count). The predicted molar refractivity (Wildman–Crippen MR) is 128 cm³/mol. The standard InChI is InChI=1S/C23H47NOSi2/c1-8-13-18-24(19-14-9-2)20-15-21-26(6,7)22-16-17-23(25-22)27(10-3,11-4)12-5/h16-17H,8-15,18-21H2,1-7H3. The third-order valence-electron chi connectivity index (χ3n) is 6.76. The van der Waals surface area contributed by atoms with Crippen molar-refractivity contribution in [1.29, 1.82) is 0 Å². The van der Waals surface area contributed by atoms with E-state index in [0.29, 0.717) is 0 Å². The minimum Gasteiger partial charge on any atom is -0.476 e. The van der Waals surface area contributed by atoms with E-state index in [2.05, 4.69) is 64.7 Å². The minimum absolute atomic E-state index is 1.27. The summed E-state index contributed by atoms with van der Waals surface area (Å²) >= 11 is 0. The summed E-state index contributed by atoms with van der Waals surface area (Å²) in [5.74, 6) is 0. The third kappa shape index (κ3) is 7.21. The van der Waals surface area contributed by atoms with Crippen LogP contribution in [-0.4, -0.2) is 40.7 Å². The molecule has 1 aromatic heterocycles. The highest BCUT2D eigenvalue weighted by molar-refractivity contribution is 6.92. The number of furan rings is 1. The lowest BCUT2D eigenvalue weighted by Crippen LogP contribution is -2.47. The number of rotatable bonds is 15. The molecular weight excluding hydrogens is 362 g/mol. The van der Waals surface area contributed by atoms with Gasteiger partial charge in [-0.25, -0.2) is 0 Å². The first-order chi connectivity index (χ1) is 12.9. The highest BCUT2D eigenvalue weighted by atomic mass is 28.3. The average Bonchev–Trinajstić information content (AvgIpc) is 3.17. The van der Waals surface area contributed by atoms with Crippen molar-refractivity contribution in [3.8, 4) is 0 Å². The Morgan fingerprint density at radius 1 is 0.741 bits per heavy atom. The van der Waals surface area contributed by atoms with Gasteiger partial charge in [0.25, 0.3) is 0 Å². The van der Waals surface area contributed by atoms with Gasteiger partial charge in [-0.15, -0.1) is 0 Å². The summed E-state index contributed by atoms with van der Waals surface area (Å²) in [5, 5.41) is 2.72. The van der Waals surface area contributed by atoms with Crippen molar-refractivity contribution in [2.75, 3.05) is 19.6 Å². The van der Waals surface area contributed by atoms with E-state index in [0.717, 1.165) is 0 Å². The Bertz CT molecular complexity index is 492. The van der Waals surface area contributed by atoms with Gasteiger partial charge in [0.2, 0.25) is 0 Å². The Kier molecular flexibility index (Phi) is 11.2. The fourth-order valence-electron chi connectivity index (χ4n) is 4.23. The summed E-state index contributed by atoms with van der Waals surface area (Å²) < 4.78 is 6.58. The average molecular weight is 410 g/mol. The van der Waals surface area contributed by atoms with E-state index in [-0.39, 0.29) is 0 Å². The first-order valence-electron chi connectivity index (χ1n) is 11.7. The quantitative estimate of drug-likeness (QED) is 0.320. The van der Waals surface area contributed by atoms with Crippen molar-refractivity contribution in [2.24, 2.45) is 0 Å². The van der Waals surface area contributed by atoms with Gasteiger partial charge < -0.3 is 9.32 Å². The van der Waals surface area contributed by atoms with E-state index in [1.165, 1.54) is 86.7 Å². The Balaban J connectivity index is 2.69. The van der Waals surface area contributed by atoms with Gasteiger partial charge in [-0.2, -0.15) is 0 Å². The van der Waals surface area contributed by atoms with E-state index in [1.807, 2.05) is 0 Å². The van der Waals surface area contributed by atoms with Crippen LogP contribution in [0.3, 0.4) is 0 Å². The molecule has 0 aliphatic carbocycles. The largest absolute Gasteiger partial charge is 0.476 e. The molecule has 158 valence electrons. The van der Waals surface area contributed by atoms with E-state index in [1.54, 1.807) is 0 Å². The van der Waals surface area contributed by atoms with Crippen LogP contribution in [0.2, 0.25) is 37.3 Å². The molecule has 1 heterocycles. The van der Waals surface area contributed by atoms with E-state index < -0.39 is 16.1 Å². The van der Waals surface area contributed by atoms with Crippen molar-refractivity contribution >= 4 is 26.9 Å². The molecular formula is C23H47NOSi2. The van der Waals surface area contributed by atoms with Crippen molar-refractivity contribution < 1.29 is 4.42 Å². The Labute approximate surface area is 172 Å². The lowest BCUT2D eigenvalue weighted by Gasteiger charge is -2.27. The predicted octanol–water partition coefficient (Wildman–Crippen LogP) is 6.20. The molecule has 0 amide bonds. The first-order valence-corrected chi connectivity index (χ1v) is 17.5. The van der Waals surface area contributed by atoms with Crippen LogP contribution in [0.4, 0.5) is 0 Å². The van der Waals surface area contributed by atoms with E-state index in [4.69, 9.17) is 4.42 Å². The molecule has 0 atom stereocenters. The first kappa shape index (κ1) is 24.7. The Morgan fingerprint density at radius 3 is 1.70 bits per heavy atom. The summed E-state index contributed by atoms with van der Waals surface area (Å²) in [6.07, 6.45) is 6.60. The van der Waals surface area contributed by atoms with Crippen molar-refractivity contribution in [1.82, 2.24) is 4.90 Å². The highest BCUT2D eigenvalue weighted by Crippen LogP contribution is 2.21. The van der Waals surface area contributed by atoms with Crippen LogP contribution in [0.1, 0.15) is 66.7 Å². The summed E-state index contributed by atoms with van der Waals surface area (Å²) in [5.41, 5.74) is 0. The van der Waals surface area contributed by atoms with Crippen molar-refractivity contribution in [3.05, 3.63) is 12.1 Å². The second-order valence-electron chi connectivity index (χ2n) is 9.04. The maximum Gasteiger partial charge on any atom is 0.131 e. The Hall–Kier alpha value is -0.326. The monoisotopic (exact) mass is 409 g/mol. The van der Waals surface area contributed by atoms with Crippen LogP contribution in [0.25, 0.3) is 0 Å². The van der Waals surface area contributed by atoms with Gasteiger partial charge in [0.05, 0.1) is 10.8 Å². The molecule has 2 nitrogen and oxygen atoms in total. The van der Waals surface area contributed by atoms with Crippen LogP contribution in [0, 0.1) is 0 Å². The highest BCUT2D eigenvalue weighted by Gasteiger charge is 2.35. The molecule has 0 saturated carbocycles. The normalized spacial score (nSPS) is 12.9. The summed E-state index contributed by atoms with van der Waals surface area (Å²) in [4.78, 5) is 2.70. The molecule has 1 aromatic rings. The summed E-state index contributed by atoms with van der Waals surface area (Å²) in [6.45, 7) is 20.5. The zero-order valence-corrected chi connectivity index (χ0v) is 21.5. The second-order valence-corrected chi connectivity index (χ2v) is 19.0. The molecule has 0 saturated heterocycles. The zero-order valence-electron chi connectivity index (χ0n) is 19.5. The summed E-state index contributed by atoms with van der Waals surface area (Å²) in [7, 11) is -2.86. The molecule has 0 aromatic carbocycles. The summed E-state index contributed by atoms with van der Waals surface area (Å²) in [6, 6.07) is 9.95. The third-order valence-corrected chi connectivity index (χ3v) is 15.3. The molecule has 0 aliphatic rings. The maximum atomic E-state index is 6.58. The van der Waals surface area contributed by atoms with Crippen LogP contribution in [-0.2, 0) is 0 Å². The maximum absolute atomic E-state index is 6.58. The molecule has 0 N–H and O–H groups in total. The SMILES string of the molecule is CCCCN(CCCC)CCC[Si](C)(C)c1ccc([Si](CC)(CC)CC)o1. The molecule has 0 fully saturated rings. The second kappa shape index (κ2) is 12.3. The van der Waals surface area contributed by atoms with Crippen LogP contribution >= 0.6 is 0 Å². The topological polar surface area (TPSA) is 16.4 Å². The Morgan fingerprint density at radius 2 is 1.22 bits per heavy atom. The molecule has 0 radical (unpaired) electrons. The number of nitrogens with zero attached hydrogens (tertiary/aromatic N) is 1. The smallest absolute Gasteiger partial charge is 0.131 e. The number of hydrogen-bond donors (Lipinski definition) is 0. The lowest BCUT2D eigenvalue weighted by atomic mass is 10.2. The zero-order chi connectivity index (χ0) is 20.3. The number of unbranched alkanes of at least 4 members (excludes halogenated alkanes) is 2. The van der Waals surface area contributed by atoms with Gasteiger partial charge in [0.1, 0.15) is 16.1 Å². The number of hydrogen-bond acceptors (Lipinski definition) is 2. The van der Waals surface area contributed by atoms with E-state index >= 15 is 0 Å². The van der Waals surface area contributed by atoms with Crippen LogP contribution in [0.15, 0.2) is 16.5 Å². The molecule has 0 aliphatic heterocycles. The lowest BCUT2D eigenvalue weighted by molar-refractivity contribution is 0.265. The molecule has 0 bridgehead atoms. The minimum atomic E-state index is -1.48. The van der Waals surface area contributed by atoms with E-state index in [9.17, 15) is 0 Å². The van der Waals surface area contributed by atoms with Crippen molar-refractivity contribution in [2.45, 2.75) is 104 Å². The molecule has 0 unspecified atom stereocenters.